The van der Waals surface area contributed by atoms with Crippen LogP contribution in [0, 0.1) is 5.92 Å². The summed E-state index contributed by atoms with van der Waals surface area (Å²) in [5.41, 5.74) is 0. The number of urea groups is 1. The van der Waals surface area contributed by atoms with Crippen LogP contribution in [-0.2, 0) is 9.59 Å². The van der Waals surface area contributed by atoms with Gasteiger partial charge in [0.05, 0.1) is 0 Å². The second-order valence-electron chi connectivity index (χ2n) is 5.09. The first-order valence-corrected chi connectivity index (χ1v) is 6.58. The van der Waals surface area contributed by atoms with E-state index < -0.39 is 5.97 Å². The van der Waals surface area contributed by atoms with Crippen molar-refractivity contribution in [2.75, 3.05) is 32.7 Å². The van der Waals surface area contributed by atoms with Crippen molar-refractivity contribution < 1.29 is 19.5 Å². The van der Waals surface area contributed by atoms with Crippen molar-refractivity contribution >= 4 is 17.9 Å². The minimum atomic E-state index is -0.794. The van der Waals surface area contributed by atoms with E-state index in [1.807, 2.05) is 0 Å². The molecule has 2 aliphatic heterocycles. The number of carbonyl (C=O) groups excluding carboxylic acids is 2. The molecule has 0 aromatic heterocycles. The van der Waals surface area contributed by atoms with Gasteiger partial charge in [-0.3, -0.25) is 9.59 Å². The number of hydrogen-bond donors (Lipinski definition) is 2. The van der Waals surface area contributed by atoms with Crippen LogP contribution in [0.15, 0.2) is 0 Å². The SMILES string of the molecule is O=C(O)CCC1CCN(C(=O)N2CCNC(=O)C2)C1. The summed E-state index contributed by atoms with van der Waals surface area (Å²) >= 11 is 0. The molecular weight excluding hydrogens is 250 g/mol. The summed E-state index contributed by atoms with van der Waals surface area (Å²) in [5.74, 6) is -0.655. The second-order valence-corrected chi connectivity index (χ2v) is 5.09. The number of amides is 3. The Labute approximate surface area is 111 Å². The lowest BCUT2D eigenvalue weighted by atomic mass is 10.0. The monoisotopic (exact) mass is 269 g/mol. The highest BCUT2D eigenvalue weighted by Crippen LogP contribution is 2.22. The zero-order valence-corrected chi connectivity index (χ0v) is 10.8. The Bertz CT molecular complexity index is 385. The van der Waals surface area contributed by atoms with Crippen LogP contribution < -0.4 is 5.32 Å². The molecule has 2 fully saturated rings. The number of piperazine rings is 1. The fourth-order valence-corrected chi connectivity index (χ4v) is 2.57. The molecule has 19 heavy (non-hydrogen) atoms. The Morgan fingerprint density at radius 3 is 2.79 bits per heavy atom. The Balaban J connectivity index is 1.81. The molecule has 0 aromatic carbocycles. The van der Waals surface area contributed by atoms with E-state index in [0.29, 0.717) is 32.6 Å². The molecule has 0 spiro atoms. The van der Waals surface area contributed by atoms with Crippen molar-refractivity contribution in [1.29, 1.82) is 0 Å². The first-order chi connectivity index (χ1) is 9.06. The van der Waals surface area contributed by atoms with Crippen molar-refractivity contribution in [2.45, 2.75) is 19.3 Å². The molecule has 2 aliphatic rings. The van der Waals surface area contributed by atoms with Crippen molar-refractivity contribution in [3.63, 3.8) is 0 Å². The molecule has 3 amide bonds. The molecule has 0 aromatic rings. The molecule has 2 N–H and O–H groups in total. The summed E-state index contributed by atoms with van der Waals surface area (Å²) in [6.45, 7) is 2.42. The summed E-state index contributed by atoms with van der Waals surface area (Å²) in [7, 11) is 0. The number of rotatable bonds is 3. The van der Waals surface area contributed by atoms with Gasteiger partial charge >= 0.3 is 12.0 Å². The summed E-state index contributed by atoms with van der Waals surface area (Å²) in [4.78, 5) is 37.2. The van der Waals surface area contributed by atoms with Gasteiger partial charge in [0.25, 0.3) is 0 Å². The molecular formula is C12H19N3O4. The zero-order chi connectivity index (χ0) is 13.8. The third kappa shape index (κ3) is 3.59. The van der Waals surface area contributed by atoms with Crippen LogP contribution >= 0.6 is 0 Å². The number of nitrogens with zero attached hydrogens (tertiary/aromatic N) is 2. The van der Waals surface area contributed by atoms with Crippen LogP contribution in [0.1, 0.15) is 19.3 Å². The van der Waals surface area contributed by atoms with Crippen LogP contribution in [-0.4, -0.2) is 65.5 Å². The fourth-order valence-electron chi connectivity index (χ4n) is 2.57. The number of nitrogens with one attached hydrogen (secondary N) is 1. The molecule has 2 rings (SSSR count). The molecule has 0 aliphatic carbocycles. The number of carbonyl (C=O) groups is 3. The lowest BCUT2D eigenvalue weighted by Gasteiger charge is -2.30. The van der Waals surface area contributed by atoms with Gasteiger partial charge in [-0.2, -0.15) is 0 Å². The van der Waals surface area contributed by atoms with E-state index in [1.54, 1.807) is 9.80 Å². The topological polar surface area (TPSA) is 89.9 Å². The molecule has 1 unspecified atom stereocenters. The Kier molecular flexibility index (Phi) is 4.24. The molecule has 0 radical (unpaired) electrons. The summed E-state index contributed by atoms with van der Waals surface area (Å²) < 4.78 is 0. The van der Waals surface area contributed by atoms with Gasteiger partial charge in [0.2, 0.25) is 5.91 Å². The molecule has 7 nitrogen and oxygen atoms in total. The van der Waals surface area contributed by atoms with Gasteiger partial charge in [-0.05, 0) is 18.8 Å². The standard InChI is InChI=1S/C12H19N3O4/c16-10-8-15(6-4-13-10)12(19)14-5-3-9(7-14)1-2-11(17)18/h9H,1-8H2,(H,13,16)(H,17,18). The minimum absolute atomic E-state index is 0.104. The number of likely N-dealkylation sites (tertiary alicyclic amines) is 1. The Morgan fingerprint density at radius 2 is 2.11 bits per heavy atom. The molecule has 0 bridgehead atoms. The maximum absolute atomic E-state index is 12.2. The highest BCUT2D eigenvalue weighted by Gasteiger charge is 2.31. The van der Waals surface area contributed by atoms with E-state index in [9.17, 15) is 14.4 Å². The maximum atomic E-state index is 12.2. The fraction of sp³-hybridized carbons (Fsp3) is 0.750. The van der Waals surface area contributed by atoms with E-state index >= 15 is 0 Å². The van der Waals surface area contributed by atoms with E-state index in [0.717, 1.165) is 6.42 Å². The third-order valence-electron chi connectivity index (χ3n) is 3.63. The first kappa shape index (κ1) is 13.6. The van der Waals surface area contributed by atoms with Crippen LogP contribution in [0.5, 0.6) is 0 Å². The molecule has 1 atom stereocenters. The van der Waals surface area contributed by atoms with Gasteiger partial charge in [0, 0.05) is 32.6 Å². The van der Waals surface area contributed by atoms with Crippen LogP contribution in [0.25, 0.3) is 0 Å². The predicted molar refractivity (Wildman–Crippen MR) is 66.5 cm³/mol. The summed E-state index contributed by atoms with van der Waals surface area (Å²) in [6.07, 6.45) is 1.61. The average molecular weight is 269 g/mol. The van der Waals surface area contributed by atoms with Gasteiger partial charge in [0.1, 0.15) is 6.54 Å². The van der Waals surface area contributed by atoms with E-state index in [1.165, 1.54) is 0 Å². The second kappa shape index (κ2) is 5.90. The average Bonchev–Trinajstić information content (AvgIpc) is 2.84. The lowest BCUT2D eigenvalue weighted by molar-refractivity contribution is -0.137. The molecule has 2 heterocycles. The summed E-state index contributed by atoms with van der Waals surface area (Å²) in [6, 6.07) is -0.104. The zero-order valence-electron chi connectivity index (χ0n) is 10.8. The largest absolute Gasteiger partial charge is 0.481 e. The molecule has 0 saturated carbocycles. The third-order valence-corrected chi connectivity index (χ3v) is 3.63. The van der Waals surface area contributed by atoms with Crippen LogP contribution in [0.3, 0.4) is 0 Å². The number of hydrogen-bond acceptors (Lipinski definition) is 3. The highest BCUT2D eigenvalue weighted by atomic mass is 16.4. The van der Waals surface area contributed by atoms with Crippen molar-refractivity contribution in [3.8, 4) is 0 Å². The van der Waals surface area contributed by atoms with Crippen molar-refractivity contribution in [2.24, 2.45) is 5.92 Å². The van der Waals surface area contributed by atoms with Gasteiger partial charge in [0.15, 0.2) is 0 Å². The number of carboxylic acids is 1. The van der Waals surface area contributed by atoms with Gasteiger partial charge in [-0.15, -0.1) is 0 Å². The van der Waals surface area contributed by atoms with Gasteiger partial charge in [-0.1, -0.05) is 0 Å². The Hall–Kier alpha value is -1.79. The van der Waals surface area contributed by atoms with E-state index in [4.69, 9.17) is 5.11 Å². The van der Waals surface area contributed by atoms with Crippen molar-refractivity contribution in [3.05, 3.63) is 0 Å². The molecule has 106 valence electrons. The smallest absolute Gasteiger partial charge is 0.320 e. The quantitative estimate of drug-likeness (QED) is 0.737. The summed E-state index contributed by atoms with van der Waals surface area (Å²) in [5, 5.41) is 11.3. The number of carboxylic acid groups (broad SMARTS) is 1. The van der Waals surface area contributed by atoms with E-state index in [2.05, 4.69) is 5.32 Å². The van der Waals surface area contributed by atoms with Gasteiger partial charge < -0.3 is 20.2 Å². The molecule has 7 heteroatoms. The van der Waals surface area contributed by atoms with E-state index in [-0.39, 0.29) is 30.8 Å². The van der Waals surface area contributed by atoms with Crippen molar-refractivity contribution in [1.82, 2.24) is 15.1 Å². The minimum Gasteiger partial charge on any atom is -0.481 e. The lowest BCUT2D eigenvalue weighted by Crippen LogP contribution is -2.53. The van der Waals surface area contributed by atoms with Crippen LogP contribution in [0.2, 0.25) is 0 Å². The maximum Gasteiger partial charge on any atom is 0.320 e. The predicted octanol–water partition coefficient (Wildman–Crippen LogP) is -0.275. The van der Waals surface area contributed by atoms with Crippen LogP contribution in [0.4, 0.5) is 4.79 Å². The normalized spacial score (nSPS) is 23.4. The highest BCUT2D eigenvalue weighted by molar-refractivity contribution is 5.85. The Morgan fingerprint density at radius 1 is 1.32 bits per heavy atom. The first-order valence-electron chi connectivity index (χ1n) is 6.58. The number of aliphatic carboxylic acids is 1. The van der Waals surface area contributed by atoms with Gasteiger partial charge in [-0.25, -0.2) is 4.79 Å². The molecule has 2 saturated heterocycles.